The molecule has 0 unspecified atom stereocenters. The third-order valence-electron chi connectivity index (χ3n) is 7.42. The fourth-order valence-corrected chi connectivity index (χ4v) is 5.73. The zero-order chi connectivity index (χ0) is 29.1. The maximum Gasteiger partial charge on any atom is 0.269 e. The summed E-state index contributed by atoms with van der Waals surface area (Å²) in [5.74, 6) is 1.22. The summed E-state index contributed by atoms with van der Waals surface area (Å²) in [4.78, 5) is 27.4. The van der Waals surface area contributed by atoms with E-state index in [4.69, 9.17) is 9.47 Å². The Bertz CT molecular complexity index is 1520. The molecule has 0 atom stereocenters. The number of hydrogen-bond acceptors (Lipinski definition) is 7. The van der Waals surface area contributed by atoms with Crippen molar-refractivity contribution in [3.63, 3.8) is 0 Å². The van der Waals surface area contributed by atoms with Gasteiger partial charge in [0, 0.05) is 56.8 Å². The van der Waals surface area contributed by atoms with Crippen molar-refractivity contribution in [2.24, 2.45) is 7.05 Å². The van der Waals surface area contributed by atoms with Crippen molar-refractivity contribution in [1.29, 1.82) is 0 Å². The second-order valence-corrected chi connectivity index (χ2v) is 12.4. The van der Waals surface area contributed by atoms with Crippen molar-refractivity contribution in [2.45, 2.75) is 31.9 Å². The first-order valence-electron chi connectivity index (χ1n) is 13.6. The molecule has 1 saturated heterocycles. The molecule has 1 N–H and O–H groups in total. The fourth-order valence-electron chi connectivity index (χ4n) is 4.90. The number of hydrogen-bond donors (Lipinski definition) is 1. The number of sulfonamides is 1. The van der Waals surface area contributed by atoms with Gasteiger partial charge in [0.15, 0.2) is 11.5 Å². The van der Waals surface area contributed by atoms with Gasteiger partial charge in [0.1, 0.15) is 12.3 Å². The largest absolute Gasteiger partial charge is 0.493 e. The molecule has 5 rings (SSSR count). The van der Waals surface area contributed by atoms with Crippen LogP contribution in [0.5, 0.6) is 11.5 Å². The van der Waals surface area contributed by atoms with Gasteiger partial charge in [-0.05, 0) is 42.7 Å². The van der Waals surface area contributed by atoms with Crippen molar-refractivity contribution < 1.29 is 27.5 Å². The lowest BCUT2D eigenvalue weighted by molar-refractivity contribution is 0.0698. The zero-order valence-electron chi connectivity index (χ0n) is 23.5. The highest BCUT2D eigenvalue weighted by Gasteiger charge is 2.28. The molecule has 1 saturated carbocycles. The maximum absolute atomic E-state index is 12.9. The molecule has 2 aliphatic rings. The van der Waals surface area contributed by atoms with Gasteiger partial charge in [-0.1, -0.05) is 24.3 Å². The van der Waals surface area contributed by atoms with Crippen LogP contribution in [0.4, 0.5) is 0 Å². The van der Waals surface area contributed by atoms with Crippen molar-refractivity contribution in [1.82, 2.24) is 24.3 Å². The third kappa shape index (κ3) is 6.71. The molecule has 1 aliphatic carbocycles. The number of amides is 2. The first kappa shape index (κ1) is 28.6. The van der Waals surface area contributed by atoms with Gasteiger partial charge < -0.3 is 19.7 Å². The number of nitrogens with one attached hydrogen (secondary N) is 1. The van der Waals surface area contributed by atoms with Gasteiger partial charge in [-0.3, -0.25) is 14.3 Å². The maximum atomic E-state index is 12.9. The number of nitrogens with zero attached hydrogens (tertiary/aromatic N) is 4. The van der Waals surface area contributed by atoms with Gasteiger partial charge in [0.25, 0.3) is 11.8 Å². The van der Waals surface area contributed by atoms with Gasteiger partial charge in [-0.15, -0.1) is 0 Å². The van der Waals surface area contributed by atoms with E-state index in [1.54, 1.807) is 41.9 Å². The Balaban J connectivity index is 1.17. The summed E-state index contributed by atoms with van der Waals surface area (Å²) in [5, 5.41) is 7.42. The van der Waals surface area contributed by atoms with E-state index in [0.29, 0.717) is 54.9 Å². The number of aromatic nitrogens is 2. The summed E-state index contributed by atoms with van der Waals surface area (Å²) < 4.78 is 38.1. The highest BCUT2D eigenvalue weighted by Crippen LogP contribution is 2.39. The molecule has 1 aliphatic heterocycles. The van der Waals surface area contributed by atoms with E-state index in [0.717, 1.165) is 29.7 Å². The van der Waals surface area contributed by atoms with E-state index in [-0.39, 0.29) is 25.0 Å². The molecular formula is C29H35N5O6S. The Labute approximate surface area is 240 Å². The number of para-hydroxylation sites is 1. The number of carbonyl (C=O) groups excluding carboxylic acids is 2. The van der Waals surface area contributed by atoms with Gasteiger partial charge in [-0.2, -0.15) is 9.40 Å². The minimum absolute atomic E-state index is 0.128. The van der Waals surface area contributed by atoms with Crippen LogP contribution in [0.25, 0.3) is 0 Å². The number of benzene rings is 2. The molecule has 0 bridgehead atoms. The molecule has 3 aromatic rings. The summed E-state index contributed by atoms with van der Waals surface area (Å²) in [6, 6.07) is 14.6. The van der Waals surface area contributed by atoms with Crippen LogP contribution in [0.2, 0.25) is 0 Å². The topological polar surface area (TPSA) is 123 Å². The summed E-state index contributed by atoms with van der Waals surface area (Å²) in [5.41, 5.74) is 3.67. The molecule has 2 heterocycles. The third-order valence-corrected chi connectivity index (χ3v) is 8.72. The molecule has 2 fully saturated rings. The number of rotatable bonds is 10. The van der Waals surface area contributed by atoms with Crippen LogP contribution in [-0.4, -0.2) is 78.8 Å². The van der Waals surface area contributed by atoms with Crippen LogP contribution in [0.15, 0.2) is 48.5 Å². The van der Waals surface area contributed by atoms with Crippen LogP contribution in [0.1, 0.15) is 56.4 Å². The quantitative estimate of drug-likeness (QED) is 0.390. The normalized spacial score (nSPS) is 15.9. The van der Waals surface area contributed by atoms with E-state index < -0.39 is 10.0 Å². The van der Waals surface area contributed by atoms with Gasteiger partial charge >= 0.3 is 0 Å². The first-order valence-corrected chi connectivity index (χ1v) is 15.4. The van der Waals surface area contributed by atoms with E-state index in [2.05, 4.69) is 10.4 Å². The number of piperazine rings is 1. The average Bonchev–Trinajstić information content (AvgIpc) is 3.75. The Morgan fingerprint density at radius 2 is 1.76 bits per heavy atom. The molecule has 0 spiro atoms. The Kier molecular flexibility index (Phi) is 8.32. The summed E-state index contributed by atoms with van der Waals surface area (Å²) >= 11 is 0. The molecule has 1 aromatic heterocycles. The molecular weight excluding hydrogens is 546 g/mol. The monoisotopic (exact) mass is 581 g/mol. The summed E-state index contributed by atoms with van der Waals surface area (Å²) in [6.45, 7) is 1.83. The summed E-state index contributed by atoms with van der Waals surface area (Å²) in [7, 11) is 0.0884. The number of aryl methyl sites for hydroxylation is 1. The van der Waals surface area contributed by atoms with E-state index >= 15 is 0 Å². The number of ether oxygens (including phenoxy) is 2. The van der Waals surface area contributed by atoms with E-state index in [1.165, 1.54) is 10.6 Å². The summed E-state index contributed by atoms with van der Waals surface area (Å²) in [6.07, 6.45) is 3.43. The van der Waals surface area contributed by atoms with Crippen LogP contribution < -0.4 is 14.8 Å². The second-order valence-electron chi connectivity index (χ2n) is 10.4. The minimum Gasteiger partial charge on any atom is -0.493 e. The lowest BCUT2D eigenvalue weighted by atomic mass is 10.1. The minimum atomic E-state index is -3.25. The van der Waals surface area contributed by atoms with Crippen LogP contribution in [-0.2, 0) is 30.2 Å². The van der Waals surface area contributed by atoms with Crippen molar-refractivity contribution >= 4 is 21.8 Å². The molecule has 11 nitrogen and oxygen atoms in total. The van der Waals surface area contributed by atoms with Crippen LogP contribution in [0, 0.1) is 0 Å². The molecule has 2 amide bonds. The van der Waals surface area contributed by atoms with Gasteiger partial charge in [-0.25, -0.2) is 8.42 Å². The van der Waals surface area contributed by atoms with Crippen LogP contribution in [0.3, 0.4) is 0 Å². The molecule has 0 radical (unpaired) electrons. The standard InChI is InChI=1S/C29H35N5O6S/c1-32-25(17-24(31-32)21-11-12-21)28(35)30-18-23-5-4-6-26(27(23)39-2)40-19-20-7-9-22(10-8-20)29(36)33-13-15-34(16-14-33)41(3,37)38/h4-10,17,21H,11-16,18-19H2,1-3H3,(H,30,35). The van der Waals surface area contributed by atoms with Gasteiger partial charge in [0.05, 0.1) is 19.1 Å². The Morgan fingerprint density at radius 1 is 1.05 bits per heavy atom. The number of carbonyl (C=O) groups is 2. The lowest BCUT2D eigenvalue weighted by Gasteiger charge is -2.33. The highest BCUT2D eigenvalue weighted by molar-refractivity contribution is 7.88. The highest BCUT2D eigenvalue weighted by atomic mass is 32.2. The molecule has 41 heavy (non-hydrogen) atoms. The van der Waals surface area contributed by atoms with E-state index in [1.807, 2.05) is 30.3 Å². The number of methoxy groups -OCH3 is 1. The molecule has 12 heteroatoms. The van der Waals surface area contributed by atoms with Crippen LogP contribution >= 0.6 is 0 Å². The lowest BCUT2D eigenvalue weighted by Crippen LogP contribution is -2.50. The Hall–Kier alpha value is -3.90. The average molecular weight is 582 g/mol. The fraction of sp³-hybridized carbons (Fsp3) is 0.414. The molecule has 218 valence electrons. The molecule has 2 aromatic carbocycles. The second kappa shape index (κ2) is 11.9. The van der Waals surface area contributed by atoms with Crippen molar-refractivity contribution in [3.8, 4) is 11.5 Å². The van der Waals surface area contributed by atoms with Gasteiger partial charge in [0.2, 0.25) is 10.0 Å². The van der Waals surface area contributed by atoms with E-state index in [9.17, 15) is 18.0 Å². The Morgan fingerprint density at radius 3 is 2.39 bits per heavy atom. The van der Waals surface area contributed by atoms with Crippen molar-refractivity contribution in [3.05, 3.63) is 76.6 Å². The first-order chi connectivity index (χ1) is 19.6. The zero-order valence-corrected chi connectivity index (χ0v) is 24.3. The van der Waals surface area contributed by atoms with Crippen molar-refractivity contribution in [2.75, 3.05) is 39.5 Å². The SMILES string of the molecule is COc1c(CNC(=O)c2cc(C3CC3)nn2C)cccc1OCc1ccc(C(=O)N2CCN(S(C)(=O)=O)CC2)cc1. The predicted octanol–water partition coefficient (Wildman–Crippen LogP) is 2.53. The smallest absolute Gasteiger partial charge is 0.269 e. The predicted molar refractivity (Wildman–Crippen MR) is 152 cm³/mol.